The lowest BCUT2D eigenvalue weighted by molar-refractivity contribution is -0.140. The van der Waals surface area contributed by atoms with Crippen LogP contribution in [-0.2, 0) is 20.8 Å². The van der Waals surface area contributed by atoms with Crippen LogP contribution in [0.15, 0.2) is 24.3 Å². The molecule has 0 spiro atoms. The molecule has 1 heterocycles. The highest BCUT2D eigenvalue weighted by Crippen LogP contribution is 2.27. The fourth-order valence-electron chi connectivity index (χ4n) is 3.01. The Morgan fingerprint density at radius 3 is 2.68 bits per heavy atom. The molecule has 0 unspecified atom stereocenters. The molecule has 0 bridgehead atoms. The van der Waals surface area contributed by atoms with E-state index in [0.717, 1.165) is 5.56 Å². The number of carbonyl (C=O) groups is 3. The highest BCUT2D eigenvalue weighted by molar-refractivity contribution is 6.02. The second kappa shape index (κ2) is 8.59. The lowest BCUT2D eigenvalue weighted by Crippen LogP contribution is -2.52. The highest BCUT2D eigenvalue weighted by atomic mass is 16.4. The number of hydrogen-bond acceptors (Lipinski definition) is 5. The maximum Gasteiger partial charge on any atom is 0.323 e. The number of aryl methyl sites for hydroxylation is 1. The minimum Gasteiger partial charge on any atom is -0.480 e. The Labute approximate surface area is 145 Å². The van der Waals surface area contributed by atoms with E-state index in [1.807, 2.05) is 12.1 Å². The summed E-state index contributed by atoms with van der Waals surface area (Å²) in [6.07, 6.45) is 1.78. The number of amides is 1. The molecule has 1 aliphatic rings. The van der Waals surface area contributed by atoms with Crippen molar-refractivity contribution in [2.45, 2.75) is 37.8 Å². The van der Waals surface area contributed by atoms with Crippen LogP contribution < -0.4 is 16.0 Å². The Bertz CT molecular complexity index is 649. The van der Waals surface area contributed by atoms with E-state index in [1.165, 1.54) is 4.90 Å². The fraction of sp³-hybridized carbons (Fsp3) is 0.471. The molecule has 2 atom stereocenters. The predicted molar refractivity (Wildman–Crippen MR) is 91.4 cm³/mol. The van der Waals surface area contributed by atoms with Gasteiger partial charge in [-0.05, 0) is 43.9 Å². The summed E-state index contributed by atoms with van der Waals surface area (Å²) in [6.45, 7) is -0.102. The Morgan fingerprint density at radius 2 is 2.04 bits per heavy atom. The SMILES string of the molecule is NCCC[C@H](N[C@H]1CCc2ccccc2N(CC(=O)O)C1=O)C(=O)O. The van der Waals surface area contributed by atoms with Crippen molar-refractivity contribution in [3.8, 4) is 0 Å². The average molecular weight is 349 g/mol. The van der Waals surface area contributed by atoms with Gasteiger partial charge in [0.15, 0.2) is 0 Å². The molecule has 1 amide bonds. The summed E-state index contributed by atoms with van der Waals surface area (Å²) < 4.78 is 0. The molecule has 8 heteroatoms. The van der Waals surface area contributed by atoms with Gasteiger partial charge in [0, 0.05) is 5.69 Å². The largest absolute Gasteiger partial charge is 0.480 e. The van der Waals surface area contributed by atoms with Crippen molar-refractivity contribution >= 4 is 23.5 Å². The van der Waals surface area contributed by atoms with Crippen LogP contribution in [0.2, 0.25) is 0 Å². The van der Waals surface area contributed by atoms with E-state index >= 15 is 0 Å². The van der Waals surface area contributed by atoms with Crippen LogP contribution in [0.3, 0.4) is 0 Å². The molecule has 0 aromatic heterocycles. The normalized spacial score (nSPS) is 18.4. The van der Waals surface area contributed by atoms with Gasteiger partial charge in [-0.2, -0.15) is 0 Å². The summed E-state index contributed by atoms with van der Waals surface area (Å²) in [5.41, 5.74) is 6.87. The van der Waals surface area contributed by atoms with Crippen LogP contribution in [0.1, 0.15) is 24.8 Å². The molecule has 0 saturated carbocycles. The first-order chi connectivity index (χ1) is 11.9. The third-order valence-electron chi connectivity index (χ3n) is 4.24. The molecule has 0 saturated heterocycles. The van der Waals surface area contributed by atoms with E-state index in [9.17, 15) is 19.5 Å². The fourth-order valence-corrected chi connectivity index (χ4v) is 3.01. The molecule has 5 N–H and O–H groups in total. The lowest BCUT2D eigenvalue weighted by Gasteiger charge is -2.26. The van der Waals surface area contributed by atoms with Gasteiger partial charge in [0.1, 0.15) is 12.6 Å². The molecule has 0 fully saturated rings. The van der Waals surface area contributed by atoms with Crippen LogP contribution in [-0.4, -0.2) is 53.2 Å². The molecular weight excluding hydrogens is 326 g/mol. The molecule has 1 aliphatic heterocycles. The molecule has 8 nitrogen and oxygen atoms in total. The van der Waals surface area contributed by atoms with Crippen molar-refractivity contribution in [3.63, 3.8) is 0 Å². The first kappa shape index (κ1) is 18.9. The number of carboxylic acid groups (broad SMARTS) is 2. The molecule has 0 radical (unpaired) electrons. The van der Waals surface area contributed by atoms with E-state index in [4.69, 9.17) is 10.8 Å². The molecule has 2 rings (SSSR count). The summed E-state index contributed by atoms with van der Waals surface area (Å²) >= 11 is 0. The molecule has 25 heavy (non-hydrogen) atoms. The van der Waals surface area contributed by atoms with E-state index in [-0.39, 0.29) is 0 Å². The number of nitrogens with zero attached hydrogens (tertiary/aromatic N) is 1. The number of fused-ring (bicyclic) bond motifs is 1. The first-order valence-corrected chi connectivity index (χ1v) is 8.24. The Balaban J connectivity index is 2.25. The smallest absolute Gasteiger partial charge is 0.323 e. The molecular formula is C17H23N3O5. The zero-order valence-electron chi connectivity index (χ0n) is 13.9. The molecule has 0 aliphatic carbocycles. The second-order valence-electron chi connectivity index (χ2n) is 6.03. The number of carbonyl (C=O) groups excluding carboxylic acids is 1. The monoisotopic (exact) mass is 349 g/mol. The van der Waals surface area contributed by atoms with Gasteiger partial charge in [-0.3, -0.25) is 24.6 Å². The van der Waals surface area contributed by atoms with Gasteiger partial charge >= 0.3 is 11.9 Å². The topological polar surface area (TPSA) is 133 Å². The van der Waals surface area contributed by atoms with Crippen molar-refractivity contribution < 1.29 is 24.6 Å². The summed E-state index contributed by atoms with van der Waals surface area (Å²) in [4.78, 5) is 36.7. The van der Waals surface area contributed by atoms with Crippen LogP contribution in [0, 0.1) is 0 Å². The van der Waals surface area contributed by atoms with Crippen LogP contribution >= 0.6 is 0 Å². The molecule has 136 valence electrons. The Morgan fingerprint density at radius 1 is 1.32 bits per heavy atom. The minimum absolute atomic E-state index is 0.307. The number of hydrogen-bond donors (Lipinski definition) is 4. The summed E-state index contributed by atoms with van der Waals surface area (Å²) in [6, 6.07) is 5.48. The number of nitrogens with one attached hydrogen (secondary N) is 1. The van der Waals surface area contributed by atoms with Gasteiger partial charge in [0.05, 0.1) is 6.04 Å². The van der Waals surface area contributed by atoms with Gasteiger partial charge in [-0.25, -0.2) is 0 Å². The Hall–Kier alpha value is -2.45. The van der Waals surface area contributed by atoms with E-state index in [2.05, 4.69) is 5.32 Å². The maximum absolute atomic E-state index is 12.9. The molecule has 1 aromatic carbocycles. The number of rotatable bonds is 8. The van der Waals surface area contributed by atoms with Crippen LogP contribution in [0.5, 0.6) is 0 Å². The van der Waals surface area contributed by atoms with Gasteiger partial charge < -0.3 is 15.9 Å². The number of benzene rings is 1. The zero-order chi connectivity index (χ0) is 18.4. The summed E-state index contributed by atoms with van der Waals surface area (Å²) in [5.74, 6) is -2.60. The van der Waals surface area contributed by atoms with E-state index in [0.29, 0.717) is 37.9 Å². The van der Waals surface area contributed by atoms with E-state index < -0.39 is 36.5 Å². The maximum atomic E-state index is 12.9. The quantitative estimate of drug-likeness (QED) is 0.527. The van der Waals surface area contributed by atoms with Gasteiger partial charge in [-0.15, -0.1) is 0 Å². The lowest BCUT2D eigenvalue weighted by atomic mass is 10.0. The number of carboxylic acids is 2. The third-order valence-corrected chi connectivity index (χ3v) is 4.24. The van der Waals surface area contributed by atoms with Crippen molar-refractivity contribution in [1.29, 1.82) is 0 Å². The number of para-hydroxylation sites is 1. The van der Waals surface area contributed by atoms with E-state index in [1.54, 1.807) is 12.1 Å². The number of aliphatic carboxylic acids is 2. The van der Waals surface area contributed by atoms with Gasteiger partial charge in [0.25, 0.3) is 0 Å². The second-order valence-corrected chi connectivity index (χ2v) is 6.03. The first-order valence-electron chi connectivity index (χ1n) is 8.24. The third kappa shape index (κ3) is 4.77. The zero-order valence-corrected chi connectivity index (χ0v) is 13.9. The van der Waals surface area contributed by atoms with Crippen LogP contribution in [0.25, 0.3) is 0 Å². The number of nitrogens with two attached hydrogens (primary N) is 1. The Kier molecular flexibility index (Phi) is 6.49. The number of anilines is 1. The van der Waals surface area contributed by atoms with Gasteiger partial charge in [-0.1, -0.05) is 18.2 Å². The van der Waals surface area contributed by atoms with Crippen LogP contribution in [0.4, 0.5) is 5.69 Å². The molecule has 1 aromatic rings. The summed E-state index contributed by atoms with van der Waals surface area (Å²) in [7, 11) is 0. The van der Waals surface area contributed by atoms with Crippen molar-refractivity contribution in [2.75, 3.05) is 18.0 Å². The highest BCUT2D eigenvalue weighted by Gasteiger charge is 2.33. The standard InChI is InChI=1S/C17H23N3O5/c18-9-3-5-13(17(24)25)19-12-8-7-11-4-1-2-6-14(11)20(16(12)23)10-15(21)22/h1-2,4,6,12-13,19H,3,5,7-10,18H2,(H,21,22)(H,24,25)/t12-,13-/m0/s1. The van der Waals surface area contributed by atoms with Crippen molar-refractivity contribution in [3.05, 3.63) is 29.8 Å². The minimum atomic E-state index is -1.12. The van der Waals surface area contributed by atoms with Crippen molar-refractivity contribution in [1.82, 2.24) is 5.32 Å². The average Bonchev–Trinajstić information content (AvgIpc) is 2.70. The summed E-state index contributed by atoms with van der Waals surface area (Å²) in [5, 5.41) is 21.4. The van der Waals surface area contributed by atoms with Gasteiger partial charge in [0.2, 0.25) is 5.91 Å². The van der Waals surface area contributed by atoms with Crippen molar-refractivity contribution in [2.24, 2.45) is 5.73 Å². The predicted octanol–water partition coefficient (Wildman–Crippen LogP) is 0.201.